The van der Waals surface area contributed by atoms with Gasteiger partial charge in [-0.25, -0.2) is 4.39 Å². The third-order valence-electron chi connectivity index (χ3n) is 3.98. The maximum atomic E-state index is 13.4. The Balaban J connectivity index is 1.70. The molecule has 1 heterocycles. The van der Waals surface area contributed by atoms with Crippen molar-refractivity contribution in [2.75, 3.05) is 13.2 Å². The van der Waals surface area contributed by atoms with Gasteiger partial charge in [-0.3, -0.25) is 0 Å². The van der Waals surface area contributed by atoms with Crippen molar-refractivity contribution in [1.29, 1.82) is 0 Å². The lowest BCUT2D eigenvalue weighted by Crippen LogP contribution is -2.34. The highest BCUT2D eigenvalue weighted by Gasteiger charge is 2.40. The highest BCUT2D eigenvalue weighted by molar-refractivity contribution is 6.30. The summed E-state index contributed by atoms with van der Waals surface area (Å²) in [5.41, 5.74) is 1.03. The van der Waals surface area contributed by atoms with E-state index in [0.717, 1.165) is 31.2 Å². The van der Waals surface area contributed by atoms with Gasteiger partial charge in [0.2, 0.25) is 0 Å². The first-order valence-corrected chi connectivity index (χ1v) is 6.79. The fourth-order valence-electron chi connectivity index (χ4n) is 2.94. The summed E-state index contributed by atoms with van der Waals surface area (Å²) in [6.07, 6.45) is 3.73. The van der Waals surface area contributed by atoms with Gasteiger partial charge in [0.15, 0.2) is 5.79 Å². The van der Waals surface area contributed by atoms with Gasteiger partial charge in [0.05, 0.1) is 18.2 Å². The van der Waals surface area contributed by atoms with Crippen LogP contribution in [0.15, 0.2) is 18.2 Å². The smallest absolute Gasteiger partial charge is 0.168 e. The van der Waals surface area contributed by atoms with E-state index in [1.165, 1.54) is 0 Å². The van der Waals surface area contributed by atoms with Gasteiger partial charge in [-0.2, -0.15) is 0 Å². The first-order valence-electron chi connectivity index (χ1n) is 6.41. The molecular formula is C14H16ClFO2. The molecule has 1 aliphatic carbocycles. The lowest BCUT2D eigenvalue weighted by molar-refractivity contribution is -0.178. The average Bonchev–Trinajstić information content (AvgIpc) is 2.82. The van der Waals surface area contributed by atoms with Crippen molar-refractivity contribution >= 4 is 11.6 Å². The van der Waals surface area contributed by atoms with Crippen LogP contribution in [0.25, 0.3) is 0 Å². The molecule has 0 amide bonds. The average molecular weight is 271 g/mol. The van der Waals surface area contributed by atoms with Crippen molar-refractivity contribution in [3.05, 3.63) is 34.6 Å². The van der Waals surface area contributed by atoms with Crippen LogP contribution in [0, 0.1) is 5.82 Å². The third kappa shape index (κ3) is 2.27. The molecule has 0 aromatic heterocycles. The van der Waals surface area contributed by atoms with E-state index < -0.39 is 0 Å². The Bertz CT molecular complexity index is 433. The molecule has 0 radical (unpaired) electrons. The van der Waals surface area contributed by atoms with Crippen molar-refractivity contribution in [3.63, 3.8) is 0 Å². The summed E-state index contributed by atoms with van der Waals surface area (Å²) in [6, 6.07) is 5.12. The Hall–Kier alpha value is -0.640. The van der Waals surface area contributed by atoms with Gasteiger partial charge in [-0.1, -0.05) is 17.7 Å². The molecule has 2 aliphatic rings. The summed E-state index contributed by atoms with van der Waals surface area (Å²) in [4.78, 5) is 0. The normalized spacial score (nSPS) is 23.7. The molecule has 98 valence electrons. The largest absolute Gasteiger partial charge is 0.348 e. The van der Waals surface area contributed by atoms with E-state index in [1.807, 2.05) is 6.07 Å². The summed E-state index contributed by atoms with van der Waals surface area (Å²) < 4.78 is 24.8. The first kappa shape index (κ1) is 12.4. The summed E-state index contributed by atoms with van der Waals surface area (Å²) in [6.45, 7) is 1.39. The number of benzene rings is 1. The lowest BCUT2D eigenvalue weighted by atomic mass is 9.81. The van der Waals surface area contributed by atoms with Crippen LogP contribution >= 0.6 is 11.6 Å². The maximum absolute atomic E-state index is 13.4. The molecule has 18 heavy (non-hydrogen) atoms. The van der Waals surface area contributed by atoms with Crippen molar-refractivity contribution in [2.24, 2.45) is 0 Å². The molecule has 1 aliphatic heterocycles. The molecule has 2 nitrogen and oxygen atoms in total. The van der Waals surface area contributed by atoms with E-state index in [9.17, 15) is 4.39 Å². The second-order valence-corrected chi connectivity index (χ2v) is 5.46. The molecule has 1 aromatic carbocycles. The predicted octanol–water partition coefficient (Wildman–Crippen LogP) is 3.88. The molecule has 2 fully saturated rings. The third-order valence-corrected chi connectivity index (χ3v) is 4.28. The molecule has 1 saturated heterocycles. The van der Waals surface area contributed by atoms with Crippen LogP contribution in [-0.2, 0) is 9.47 Å². The van der Waals surface area contributed by atoms with Crippen molar-refractivity contribution < 1.29 is 13.9 Å². The van der Waals surface area contributed by atoms with Gasteiger partial charge in [0.1, 0.15) is 5.82 Å². The first-order chi connectivity index (χ1) is 8.69. The van der Waals surface area contributed by atoms with Crippen molar-refractivity contribution in [1.82, 2.24) is 0 Å². The van der Waals surface area contributed by atoms with Crippen molar-refractivity contribution in [3.8, 4) is 0 Å². The molecule has 3 rings (SSSR count). The Morgan fingerprint density at radius 3 is 2.44 bits per heavy atom. The number of halogens is 2. The molecule has 1 spiro atoms. The maximum Gasteiger partial charge on any atom is 0.168 e. The van der Waals surface area contributed by atoms with Crippen LogP contribution in [0.3, 0.4) is 0 Å². The van der Waals surface area contributed by atoms with Gasteiger partial charge in [-0.05, 0) is 36.5 Å². The van der Waals surface area contributed by atoms with E-state index in [2.05, 4.69) is 0 Å². The van der Waals surface area contributed by atoms with Gasteiger partial charge >= 0.3 is 0 Å². The van der Waals surface area contributed by atoms with E-state index in [0.29, 0.717) is 19.1 Å². The lowest BCUT2D eigenvalue weighted by Gasteiger charge is -2.35. The second kappa shape index (κ2) is 4.80. The molecule has 1 saturated carbocycles. The molecule has 4 heteroatoms. The second-order valence-electron chi connectivity index (χ2n) is 5.06. The predicted molar refractivity (Wildman–Crippen MR) is 67.3 cm³/mol. The number of ether oxygens (including phenoxy) is 2. The van der Waals surface area contributed by atoms with Crippen LogP contribution in [0.5, 0.6) is 0 Å². The Labute approximate surface area is 111 Å². The van der Waals surface area contributed by atoms with Gasteiger partial charge in [-0.15, -0.1) is 0 Å². The minimum atomic E-state index is -0.346. The molecule has 0 unspecified atom stereocenters. The molecule has 0 N–H and O–H groups in total. The summed E-state index contributed by atoms with van der Waals surface area (Å²) in [5, 5.41) is 0.188. The summed E-state index contributed by atoms with van der Waals surface area (Å²) in [7, 11) is 0. The number of rotatable bonds is 1. The zero-order valence-electron chi connectivity index (χ0n) is 10.1. The van der Waals surface area contributed by atoms with E-state index in [-0.39, 0.29) is 16.6 Å². The zero-order chi connectivity index (χ0) is 12.6. The van der Waals surface area contributed by atoms with E-state index >= 15 is 0 Å². The highest BCUT2D eigenvalue weighted by atomic mass is 35.5. The number of hydrogen-bond acceptors (Lipinski definition) is 2. The standard InChI is InChI=1S/C14H16ClFO2/c15-12-2-1-11(9-13(12)16)10-3-5-14(6-4-10)17-7-8-18-14/h1-2,9-10H,3-8H2. The van der Waals surface area contributed by atoms with Gasteiger partial charge in [0, 0.05) is 12.8 Å². The monoisotopic (exact) mass is 270 g/mol. The van der Waals surface area contributed by atoms with Crippen LogP contribution in [0.4, 0.5) is 4.39 Å². The fourth-order valence-corrected chi connectivity index (χ4v) is 3.06. The molecule has 0 bridgehead atoms. The Morgan fingerprint density at radius 2 is 1.83 bits per heavy atom. The SMILES string of the molecule is Fc1cc(C2CCC3(CC2)OCCO3)ccc1Cl. The van der Waals surface area contributed by atoms with E-state index in [1.54, 1.807) is 12.1 Å². The highest BCUT2D eigenvalue weighted by Crippen LogP contribution is 2.42. The fraction of sp³-hybridized carbons (Fsp3) is 0.571. The molecule has 0 atom stereocenters. The van der Waals surface area contributed by atoms with Crippen LogP contribution in [-0.4, -0.2) is 19.0 Å². The van der Waals surface area contributed by atoms with Gasteiger partial charge < -0.3 is 9.47 Å². The van der Waals surface area contributed by atoms with Crippen molar-refractivity contribution in [2.45, 2.75) is 37.4 Å². The minimum Gasteiger partial charge on any atom is -0.348 e. The Kier molecular flexibility index (Phi) is 3.31. The minimum absolute atomic E-state index is 0.188. The molecular weight excluding hydrogens is 255 g/mol. The number of hydrogen-bond donors (Lipinski definition) is 0. The topological polar surface area (TPSA) is 18.5 Å². The summed E-state index contributed by atoms with van der Waals surface area (Å²) in [5.74, 6) is -0.292. The van der Waals surface area contributed by atoms with Gasteiger partial charge in [0.25, 0.3) is 0 Å². The zero-order valence-corrected chi connectivity index (χ0v) is 10.9. The van der Waals surface area contributed by atoms with Crippen LogP contribution in [0.1, 0.15) is 37.2 Å². The quantitative estimate of drug-likeness (QED) is 0.771. The Morgan fingerprint density at radius 1 is 1.17 bits per heavy atom. The summed E-state index contributed by atoms with van der Waals surface area (Å²) >= 11 is 5.70. The van der Waals surface area contributed by atoms with E-state index in [4.69, 9.17) is 21.1 Å². The molecule has 1 aromatic rings. The van der Waals surface area contributed by atoms with Crippen LogP contribution < -0.4 is 0 Å². The van der Waals surface area contributed by atoms with Crippen LogP contribution in [0.2, 0.25) is 5.02 Å².